The van der Waals surface area contributed by atoms with Gasteiger partial charge >= 0.3 is 0 Å². The Morgan fingerprint density at radius 3 is 2.35 bits per heavy atom. The number of rotatable bonds is 6. The minimum Gasteiger partial charge on any atom is -0.325 e. The first-order chi connectivity index (χ1) is 12.6. The van der Waals surface area contributed by atoms with E-state index in [1.54, 1.807) is 11.8 Å². The molecule has 1 aromatic heterocycles. The molecule has 0 unspecified atom stereocenters. The molecular formula is C20H19N3OS2. The van der Waals surface area contributed by atoms with Crippen LogP contribution in [-0.2, 0) is 4.79 Å². The van der Waals surface area contributed by atoms with Gasteiger partial charge in [-0.15, -0.1) is 0 Å². The summed E-state index contributed by atoms with van der Waals surface area (Å²) in [4.78, 5) is 23.2. The van der Waals surface area contributed by atoms with E-state index in [1.807, 2.05) is 62.4 Å². The third kappa shape index (κ3) is 5.61. The Morgan fingerprint density at radius 2 is 1.62 bits per heavy atom. The van der Waals surface area contributed by atoms with Crippen molar-refractivity contribution in [2.45, 2.75) is 28.8 Å². The van der Waals surface area contributed by atoms with E-state index in [0.717, 1.165) is 22.0 Å². The van der Waals surface area contributed by atoms with Gasteiger partial charge in [0.1, 0.15) is 0 Å². The summed E-state index contributed by atoms with van der Waals surface area (Å²) in [5.74, 6) is 0.207. The largest absolute Gasteiger partial charge is 0.325 e. The molecule has 0 aliphatic carbocycles. The summed E-state index contributed by atoms with van der Waals surface area (Å²) in [6, 6.07) is 19.9. The normalized spacial score (nSPS) is 10.5. The summed E-state index contributed by atoms with van der Waals surface area (Å²) in [5.41, 5.74) is 2.61. The minimum absolute atomic E-state index is 0.0698. The van der Waals surface area contributed by atoms with Crippen molar-refractivity contribution in [1.29, 1.82) is 0 Å². The zero-order valence-electron chi connectivity index (χ0n) is 14.6. The molecule has 0 aliphatic heterocycles. The minimum atomic E-state index is -0.0698. The fraction of sp³-hybridized carbons (Fsp3) is 0.150. The summed E-state index contributed by atoms with van der Waals surface area (Å²) in [5, 5.41) is 3.57. The van der Waals surface area contributed by atoms with Gasteiger partial charge < -0.3 is 5.32 Å². The molecule has 3 aromatic rings. The molecule has 0 aliphatic rings. The van der Waals surface area contributed by atoms with Crippen LogP contribution in [0.2, 0.25) is 0 Å². The Bertz CT molecular complexity index is 880. The van der Waals surface area contributed by atoms with E-state index in [9.17, 15) is 4.79 Å². The molecule has 132 valence electrons. The number of aromatic nitrogens is 2. The molecule has 0 bridgehead atoms. The van der Waals surface area contributed by atoms with E-state index >= 15 is 0 Å². The first-order valence-electron chi connectivity index (χ1n) is 8.16. The molecule has 0 fully saturated rings. The van der Waals surface area contributed by atoms with Gasteiger partial charge in [0.15, 0.2) is 5.16 Å². The highest BCUT2D eigenvalue weighted by Crippen LogP contribution is 2.29. The number of benzene rings is 2. The summed E-state index contributed by atoms with van der Waals surface area (Å²) in [7, 11) is 0. The number of aryl methyl sites for hydroxylation is 2. The van der Waals surface area contributed by atoms with Gasteiger partial charge in [-0.05, 0) is 50.2 Å². The lowest BCUT2D eigenvalue weighted by atomic mass is 10.3. The van der Waals surface area contributed by atoms with Gasteiger partial charge in [0.2, 0.25) is 5.91 Å². The lowest BCUT2D eigenvalue weighted by Gasteiger charge is -2.07. The van der Waals surface area contributed by atoms with Crippen LogP contribution < -0.4 is 5.32 Å². The molecule has 0 radical (unpaired) electrons. The number of nitrogens with zero attached hydrogens (tertiary/aromatic N) is 2. The first-order valence-corrected chi connectivity index (χ1v) is 9.96. The molecular weight excluding hydrogens is 362 g/mol. The summed E-state index contributed by atoms with van der Waals surface area (Å²) in [6.45, 7) is 3.85. The van der Waals surface area contributed by atoms with Gasteiger partial charge in [0.05, 0.1) is 5.75 Å². The van der Waals surface area contributed by atoms with Gasteiger partial charge in [-0.25, -0.2) is 9.97 Å². The number of carbonyl (C=O) groups excluding carboxylic acids is 1. The van der Waals surface area contributed by atoms with E-state index in [-0.39, 0.29) is 11.7 Å². The van der Waals surface area contributed by atoms with E-state index in [2.05, 4.69) is 27.4 Å². The highest BCUT2D eigenvalue weighted by molar-refractivity contribution is 7.99. The fourth-order valence-electron chi connectivity index (χ4n) is 2.35. The second-order valence-corrected chi connectivity index (χ2v) is 7.80. The Morgan fingerprint density at radius 1 is 0.923 bits per heavy atom. The van der Waals surface area contributed by atoms with Crippen LogP contribution in [-0.4, -0.2) is 21.6 Å². The maximum absolute atomic E-state index is 12.2. The number of thioether (sulfide) groups is 1. The summed E-state index contributed by atoms with van der Waals surface area (Å²) >= 11 is 3.01. The summed E-state index contributed by atoms with van der Waals surface area (Å²) < 4.78 is 0. The van der Waals surface area contributed by atoms with Crippen LogP contribution in [0.1, 0.15) is 11.4 Å². The highest BCUT2D eigenvalue weighted by Gasteiger charge is 2.07. The van der Waals surface area contributed by atoms with Gasteiger partial charge in [-0.3, -0.25) is 4.79 Å². The van der Waals surface area contributed by atoms with Crippen LogP contribution in [0.25, 0.3) is 0 Å². The summed E-state index contributed by atoms with van der Waals surface area (Å²) in [6.07, 6.45) is 0. The van der Waals surface area contributed by atoms with Crippen molar-refractivity contribution < 1.29 is 4.79 Å². The lowest BCUT2D eigenvalue weighted by Crippen LogP contribution is -2.14. The van der Waals surface area contributed by atoms with Crippen molar-refractivity contribution in [3.05, 3.63) is 72.1 Å². The van der Waals surface area contributed by atoms with Crippen LogP contribution in [0.3, 0.4) is 0 Å². The molecule has 0 saturated carbocycles. The molecule has 0 atom stereocenters. The van der Waals surface area contributed by atoms with Crippen LogP contribution in [0.4, 0.5) is 5.69 Å². The van der Waals surface area contributed by atoms with Gasteiger partial charge in [-0.1, -0.05) is 47.8 Å². The number of nitrogens with one attached hydrogen (secondary N) is 1. The van der Waals surface area contributed by atoms with Crippen molar-refractivity contribution in [3.8, 4) is 0 Å². The van der Waals surface area contributed by atoms with Crippen molar-refractivity contribution in [2.75, 3.05) is 11.1 Å². The Kier molecular flexibility index (Phi) is 6.30. The van der Waals surface area contributed by atoms with E-state index < -0.39 is 0 Å². The lowest BCUT2D eigenvalue weighted by molar-refractivity contribution is -0.113. The standard InChI is InChI=1S/C20H19N3OS2/c1-14-11-15(2)22-20(21-14)25-13-19(24)23-16-7-6-10-18(12-16)26-17-8-4-3-5-9-17/h3-12H,13H2,1-2H3,(H,23,24). The monoisotopic (exact) mass is 381 g/mol. The second-order valence-electron chi connectivity index (χ2n) is 5.71. The second kappa shape index (κ2) is 8.87. The Hall–Kier alpha value is -2.31. The zero-order valence-corrected chi connectivity index (χ0v) is 16.2. The number of hydrogen-bond acceptors (Lipinski definition) is 5. The third-order valence-corrected chi connectivity index (χ3v) is 5.24. The maximum Gasteiger partial charge on any atom is 0.234 e. The molecule has 6 heteroatoms. The average Bonchev–Trinajstić information content (AvgIpc) is 2.60. The predicted molar refractivity (Wildman–Crippen MR) is 108 cm³/mol. The molecule has 2 aromatic carbocycles. The Balaban J connectivity index is 1.58. The van der Waals surface area contributed by atoms with Gasteiger partial charge in [0, 0.05) is 26.9 Å². The number of amides is 1. The first kappa shape index (κ1) is 18.5. The van der Waals surface area contributed by atoms with Gasteiger partial charge in [-0.2, -0.15) is 0 Å². The highest BCUT2D eigenvalue weighted by atomic mass is 32.2. The molecule has 1 heterocycles. The number of carbonyl (C=O) groups is 1. The zero-order chi connectivity index (χ0) is 18.4. The molecule has 1 N–H and O–H groups in total. The topological polar surface area (TPSA) is 54.9 Å². The van der Waals surface area contributed by atoms with Crippen LogP contribution in [0, 0.1) is 13.8 Å². The molecule has 0 spiro atoms. The SMILES string of the molecule is Cc1cc(C)nc(SCC(=O)Nc2cccc(Sc3ccccc3)c2)n1. The maximum atomic E-state index is 12.2. The average molecular weight is 382 g/mol. The fourth-order valence-corrected chi connectivity index (χ4v) is 3.99. The van der Waals surface area contributed by atoms with Crippen LogP contribution in [0.5, 0.6) is 0 Å². The quantitative estimate of drug-likeness (QED) is 0.482. The Labute approximate surface area is 161 Å². The van der Waals surface area contributed by atoms with Crippen molar-refractivity contribution in [2.24, 2.45) is 0 Å². The van der Waals surface area contributed by atoms with Crippen LogP contribution in [0.15, 0.2) is 75.6 Å². The van der Waals surface area contributed by atoms with E-state index in [4.69, 9.17) is 0 Å². The smallest absolute Gasteiger partial charge is 0.234 e. The molecule has 4 nitrogen and oxygen atoms in total. The molecule has 0 saturated heterocycles. The van der Waals surface area contributed by atoms with Crippen molar-refractivity contribution in [3.63, 3.8) is 0 Å². The van der Waals surface area contributed by atoms with E-state index in [1.165, 1.54) is 16.7 Å². The van der Waals surface area contributed by atoms with Crippen molar-refractivity contribution >= 4 is 35.1 Å². The number of hydrogen-bond donors (Lipinski definition) is 1. The molecule has 3 rings (SSSR count). The van der Waals surface area contributed by atoms with E-state index in [0.29, 0.717) is 5.16 Å². The molecule has 1 amide bonds. The van der Waals surface area contributed by atoms with Crippen molar-refractivity contribution in [1.82, 2.24) is 9.97 Å². The predicted octanol–water partition coefficient (Wildman–Crippen LogP) is 4.98. The molecule has 26 heavy (non-hydrogen) atoms. The van der Waals surface area contributed by atoms with Crippen LogP contribution >= 0.6 is 23.5 Å². The third-order valence-electron chi connectivity index (χ3n) is 3.39. The van der Waals surface area contributed by atoms with Gasteiger partial charge in [0.25, 0.3) is 0 Å². The number of anilines is 1.